The van der Waals surface area contributed by atoms with Gasteiger partial charge in [-0.2, -0.15) is 0 Å². The maximum atomic E-state index is 12.0. The fraction of sp³-hybridized carbons (Fsp3) is 0.636. The SMILES string of the molecule is C=CCC1CC(=O)N(N2CCNCC2)C1=O. The molecule has 88 valence electrons. The van der Waals surface area contributed by atoms with E-state index < -0.39 is 0 Å². The van der Waals surface area contributed by atoms with Gasteiger partial charge in [-0.3, -0.25) is 9.59 Å². The van der Waals surface area contributed by atoms with Crippen LogP contribution in [0, 0.1) is 5.92 Å². The molecule has 5 heteroatoms. The summed E-state index contributed by atoms with van der Waals surface area (Å²) in [5.41, 5.74) is 0. The monoisotopic (exact) mass is 223 g/mol. The second-order valence-corrected chi connectivity index (χ2v) is 4.17. The predicted molar refractivity (Wildman–Crippen MR) is 59.2 cm³/mol. The molecule has 2 heterocycles. The van der Waals surface area contributed by atoms with Crippen LogP contribution in [0.1, 0.15) is 12.8 Å². The van der Waals surface area contributed by atoms with Crippen molar-refractivity contribution in [3.05, 3.63) is 12.7 Å². The third kappa shape index (κ3) is 2.01. The smallest absolute Gasteiger partial charge is 0.247 e. The van der Waals surface area contributed by atoms with Gasteiger partial charge < -0.3 is 5.32 Å². The Labute approximate surface area is 95.1 Å². The second kappa shape index (κ2) is 4.76. The van der Waals surface area contributed by atoms with Crippen molar-refractivity contribution in [1.82, 2.24) is 15.3 Å². The van der Waals surface area contributed by atoms with E-state index in [0.717, 1.165) is 26.2 Å². The maximum Gasteiger partial charge on any atom is 0.247 e. The van der Waals surface area contributed by atoms with Crippen molar-refractivity contribution in [1.29, 1.82) is 0 Å². The second-order valence-electron chi connectivity index (χ2n) is 4.17. The molecule has 1 atom stereocenters. The highest BCUT2D eigenvalue weighted by atomic mass is 16.2. The molecule has 2 saturated heterocycles. The van der Waals surface area contributed by atoms with Crippen LogP contribution < -0.4 is 5.32 Å². The molecule has 0 radical (unpaired) electrons. The highest BCUT2D eigenvalue weighted by molar-refractivity contribution is 6.03. The summed E-state index contributed by atoms with van der Waals surface area (Å²) in [7, 11) is 0. The van der Waals surface area contributed by atoms with E-state index in [9.17, 15) is 9.59 Å². The summed E-state index contributed by atoms with van der Waals surface area (Å²) in [5.74, 6) is -0.328. The van der Waals surface area contributed by atoms with E-state index in [1.165, 1.54) is 5.01 Å². The third-order valence-corrected chi connectivity index (χ3v) is 3.04. The topological polar surface area (TPSA) is 52.7 Å². The summed E-state index contributed by atoms with van der Waals surface area (Å²) in [4.78, 5) is 23.8. The summed E-state index contributed by atoms with van der Waals surface area (Å²) >= 11 is 0. The Hall–Kier alpha value is -1.20. The number of imide groups is 1. The van der Waals surface area contributed by atoms with Gasteiger partial charge in [0.15, 0.2) is 0 Å². The van der Waals surface area contributed by atoms with Gasteiger partial charge in [0.05, 0.1) is 5.92 Å². The van der Waals surface area contributed by atoms with Crippen molar-refractivity contribution < 1.29 is 9.59 Å². The molecule has 1 N–H and O–H groups in total. The van der Waals surface area contributed by atoms with Gasteiger partial charge in [0.25, 0.3) is 0 Å². The van der Waals surface area contributed by atoms with Crippen LogP contribution in [0.5, 0.6) is 0 Å². The number of carbonyl (C=O) groups is 2. The summed E-state index contributed by atoms with van der Waals surface area (Å²) in [5, 5.41) is 6.39. The molecule has 0 aromatic carbocycles. The van der Waals surface area contributed by atoms with Gasteiger partial charge in [-0.25, -0.2) is 10.0 Å². The number of allylic oxidation sites excluding steroid dienone is 1. The molecule has 2 amide bonds. The van der Waals surface area contributed by atoms with Crippen molar-refractivity contribution in [2.45, 2.75) is 12.8 Å². The van der Waals surface area contributed by atoms with Gasteiger partial charge >= 0.3 is 0 Å². The fourth-order valence-corrected chi connectivity index (χ4v) is 2.22. The van der Waals surface area contributed by atoms with E-state index in [1.807, 2.05) is 5.01 Å². The Bertz CT molecular complexity index is 310. The van der Waals surface area contributed by atoms with Gasteiger partial charge in [0, 0.05) is 32.6 Å². The van der Waals surface area contributed by atoms with Crippen molar-refractivity contribution >= 4 is 11.8 Å². The number of nitrogens with one attached hydrogen (secondary N) is 1. The molecule has 2 rings (SSSR count). The Morgan fingerprint density at radius 3 is 2.69 bits per heavy atom. The van der Waals surface area contributed by atoms with Crippen LogP contribution >= 0.6 is 0 Å². The number of hydrogen-bond donors (Lipinski definition) is 1. The first-order valence-electron chi connectivity index (χ1n) is 5.67. The minimum Gasteiger partial charge on any atom is -0.314 e. The van der Waals surface area contributed by atoms with Crippen molar-refractivity contribution in [2.24, 2.45) is 5.92 Å². The molecule has 0 spiro atoms. The minimum atomic E-state index is -0.195. The van der Waals surface area contributed by atoms with Gasteiger partial charge in [-0.15, -0.1) is 6.58 Å². The molecule has 2 fully saturated rings. The lowest BCUT2D eigenvalue weighted by atomic mass is 10.0. The first-order chi connectivity index (χ1) is 7.74. The molecule has 0 bridgehead atoms. The molecule has 2 aliphatic heterocycles. The van der Waals surface area contributed by atoms with Crippen LogP contribution in [0.15, 0.2) is 12.7 Å². The molecular weight excluding hydrogens is 206 g/mol. The van der Waals surface area contributed by atoms with E-state index in [1.54, 1.807) is 6.08 Å². The molecule has 5 nitrogen and oxygen atoms in total. The number of piperazine rings is 1. The molecule has 0 aromatic rings. The Balaban J connectivity index is 2.06. The van der Waals surface area contributed by atoms with Gasteiger partial charge in [-0.1, -0.05) is 6.08 Å². The predicted octanol–water partition coefficient (Wildman–Crippen LogP) is -0.242. The lowest BCUT2D eigenvalue weighted by Crippen LogP contribution is -2.54. The first kappa shape index (κ1) is 11.3. The molecule has 16 heavy (non-hydrogen) atoms. The number of carbonyl (C=O) groups excluding carboxylic acids is 2. The third-order valence-electron chi connectivity index (χ3n) is 3.04. The van der Waals surface area contributed by atoms with Crippen LogP contribution in [0.2, 0.25) is 0 Å². The number of hydrogen-bond acceptors (Lipinski definition) is 4. The Morgan fingerprint density at radius 2 is 2.06 bits per heavy atom. The highest BCUT2D eigenvalue weighted by Gasteiger charge is 2.41. The zero-order valence-electron chi connectivity index (χ0n) is 9.32. The quantitative estimate of drug-likeness (QED) is 0.530. The number of hydrazine groups is 1. The summed E-state index contributed by atoms with van der Waals surface area (Å²) in [6, 6.07) is 0. The molecular formula is C11H17N3O2. The Morgan fingerprint density at radius 1 is 1.38 bits per heavy atom. The molecule has 1 unspecified atom stereocenters. The van der Waals surface area contributed by atoms with Gasteiger partial charge in [-0.05, 0) is 6.42 Å². The van der Waals surface area contributed by atoms with Gasteiger partial charge in [0.2, 0.25) is 11.8 Å². The Kier molecular flexibility index (Phi) is 3.36. The molecule has 0 saturated carbocycles. The summed E-state index contributed by atoms with van der Waals surface area (Å²) < 4.78 is 0. The molecule has 2 aliphatic rings. The number of rotatable bonds is 3. The minimum absolute atomic E-state index is 0.0631. The molecule has 0 aliphatic carbocycles. The van der Waals surface area contributed by atoms with E-state index in [-0.39, 0.29) is 17.7 Å². The zero-order chi connectivity index (χ0) is 11.5. The van der Waals surface area contributed by atoms with E-state index >= 15 is 0 Å². The van der Waals surface area contributed by atoms with Crippen molar-refractivity contribution in [3.63, 3.8) is 0 Å². The molecule has 0 aromatic heterocycles. The lowest BCUT2D eigenvalue weighted by molar-refractivity contribution is -0.159. The first-order valence-corrected chi connectivity index (χ1v) is 5.67. The largest absolute Gasteiger partial charge is 0.314 e. The lowest BCUT2D eigenvalue weighted by Gasteiger charge is -2.33. The zero-order valence-corrected chi connectivity index (χ0v) is 9.32. The maximum absolute atomic E-state index is 12.0. The average molecular weight is 223 g/mol. The standard InChI is InChI=1S/C11H17N3O2/c1-2-3-9-8-10(15)14(11(9)16)13-6-4-12-5-7-13/h2,9,12H,1,3-8H2. The highest BCUT2D eigenvalue weighted by Crippen LogP contribution is 2.24. The summed E-state index contributed by atoms with van der Waals surface area (Å²) in [6.45, 7) is 6.70. The van der Waals surface area contributed by atoms with Crippen LogP contribution in [-0.4, -0.2) is 48.0 Å². The summed E-state index contributed by atoms with van der Waals surface area (Å²) in [6.07, 6.45) is 2.62. The van der Waals surface area contributed by atoms with E-state index in [2.05, 4.69) is 11.9 Å². The van der Waals surface area contributed by atoms with Crippen molar-refractivity contribution in [3.8, 4) is 0 Å². The van der Waals surface area contributed by atoms with Crippen molar-refractivity contribution in [2.75, 3.05) is 26.2 Å². The van der Waals surface area contributed by atoms with Crippen LogP contribution in [0.3, 0.4) is 0 Å². The van der Waals surface area contributed by atoms with Crippen LogP contribution in [-0.2, 0) is 9.59 Å². The fourth-order valence-electron chi connectivity index (χ4n) is 2.22. The van der Waals surface area contributed by atoms with E-state index in [4.69, 9.17) is 0 Å². The average Bonchev–Trinajstić information content (AvgIpc) is 2.56. The number of nitrogens with zero attached hydrogens (tertiary/aromatic N) is 2. The van der Waals surface area contributed by atoms with Crippen LogP contribution in [0.25, 0.3) is 0 Å². The number of amides is 2. The van der Waals surface area contributed by atoms with Gasteiger partial charge in [0.1, 0.15) is 0 Å². The van der Waals surface area contributed by atoms with Crippen LogP contribution in [0.4, 0.5) is 0 Å². The normalized spacial score (nSPS) is 27.5. The van der Waals surface area contributed by atoms with E-state index in [0.29, 0.717) is 12.8 Å².